The van der Waals surface area contributed by atoms with Gasteiger partial charge in [0.2, 0.25) is 0 Å². The lowest BCUT2D eigenvalue weighted by Crippen LogP contribution is -2.48. The molecule has 0 aromatic carbocycles. The first-order chi connectivity index (χ1) is 9.76. The molecule has 0 spiro atoms. The van der Waals surface area contributed by atoms with Crippen LogP contribution in [0, 0.1) is 0 Å². The summed E-state index contributed by atoms with van der Waals surface area (Å²) in [5.74, 6) is 0.642. The summed E-state index contributed by atoms with van der Waals surface area (Å²) < 4.78 is 1.82. The molecule has 0 radical (unpaired) electrons. The molecule has 0 unspecified atom stereocenters. The maximum atomic E-state index is 12.2. The summed E-state index contributed by atoms with van der Waals surface area (Å²) >= 11 is 0. The van der Waals surface area contributed by atoms with E-state index in [-0.39, 0.29) is 23.6 Å². The van der Waals surface area contributed by atoms with Crippen LogP contribution in [-0.4, -0.2) is 33.1 Å². The van der Waals surface area contributed by atoms with E-state index >= 15 is 0 Å². The van der Waals surface area contributed by atoms with Crippen LogP contribution >= 0.6 is 0 Å². The number of aromatic nitrogens is 2. The lowest BCUT2D eigenvalue weighted by molar-refractivity contribution is 0.187. The molecule has 0 atom stereocenters. The second-order valence-electron chi connectivity index (χ2n) is 8.37. The van der Waals surface area contributed by atoms with Crippen LogP contribution < -0.4 is 10.6 Å². The molecular formula is C16H30N4O2. The molecule has 6 nitrogen and oxygen atoms in total. The van der Waals surface area contributed by atoms with Crippen LogP contribution in [0.25, 0.3) is 0 Å². The summed E-state index contributed by atoms with van der Waals surface area (Å²) in [5, 5.41) is 19.5. The van der Waals surface area contributed by atoms with Gasteiger partial charge in [-0.1, -0.05) is 20.8 Å². The van der Waals surface area contributed by atoms with Gasteiger partial charge in [-0.15, -0.1) is 0 Å². The van der Waals surface area contributed by atoms with Crippen molar-refractivity contribution in [1.82, 2.24) is 15.1 Å². The number of aliphatic hydroxyl groups is 1. The highest BCUT2D eigenvalue weighted by Gasteiger charge is 2.26. The van der Waals surface area contributed by atoms with E-state index in [4.69, 9.17) is 0 Å². The Kier molecular flexibility index (Phi) is 4.97. The fourth-order valence-electron chi connectivity index (χ4n) is 1.84. The number of carbonyl (C=O) groups excluding carboxylic acids is 1. The minimum Gasteiger partial charge on any atom is -0.394 e. The number of anilines is 1. The van der Waals surface area contributed by atoms with E-state index in [1.54, 1.807) is 13.8 Å². The molecule has 0 saturated heterocycles. The van der Waals surface area contributed by atoms with E-state index in [0.717, 1.165) is 5.69 Å². The van der Waals surface area contributed by atoms with E-state index in [0.29, 0.717) is 5.82 Å². The fraction of sp³-hybridized carbons (Fsp3) is 0.750. The molecule has 22 heavy (non-hydrogen) atoms. The number of aliphatic hydroxyl groups excluding tert-OH is 1. The first-order valence-corrected chi connectivity index (χ1v) is 7.57. The average molecular weight is 310 g/mol. The summed E-state index contributed by atoms with van der Waals surface area (Å²) in [4.78, 5) is 12.2. The van der Waals surface area contributed by atoms with Crippen molar-refractivity contribution in [3.8, 4) is 0 Å². The Labute approximate surface area is 133 Å². The van der Waals surface area contributed by atoms with Gasteiger partial charge in [0.25, 0.3) is 0 Å². The second-order valence-corrected chi connectivity index (χ2v) is 8.37. The molecule has 6 heteroatoms. The Morgan fingerprint density at radius 2 is 1.73 bits per heavy atom. The van der Waals surface area contributed by atoms with Crippen LogP contribution in [0.5, 0.6) is 0 Å². The fourth-order valence-corrected chi connectivity index (χ4v) is 1.84. The second kappa shape index (κ2) is 5.91. The zero-order valence-electron chi connectivity index (χ0n) is 15.0. The van der Waals surface area contributed by atoms with Crippen LogP contribution in [0.3, 0.4) is 0 Å². The average Bonchev–Trinajstić information content (AvgIpc) is 2.71. The third-order valence-corrected chi connectivity index (χ3v) is 3.20. The van der Waals surface area contributed by atoms with Gasteiger partial charge in [0, 0.05) is 11.5 Å². The van der Waals surface area contributed by atoms with E-state index < -0.39 is 5.54 Å². The molecule has 1 rings (SSSR count). The largest absolute Gasteiger partial charge is 0.394 e. The number of hydrogen-bond acceptors (Lipinski definition) is 3. The molecule has 3 N–H and O–H groups in total. The van der Waals surface area contributed by atoms with Gasteiger partial charge in [-0.2, -0.15) is 5.10 Å². The molecule has 0 bridgehead atoms. The monoisotopic (exact) mass is 310 g/mol. The normalized spacial score (nSPS) is 13.1. The highest BCUT2D eigenvalue weighted by molar-refractivity contribution is 5.89. The standard InChI is InChI=1S/C16H30N4O2/c1-14(2,3)11-9-12(20(19-11)15(4,5)6)17-13(22)18-16(7,8)10-21/h9,21H,10H2,1-8H3,(H2,17,18,22). The summed E-state index contributed by atoms with van der Waals surface area (Å²) in [6.45, 7) is 15.7. The maximum Gasteiger partial charge on any atom is 0.320 e. The lowest BCUT2D eigenvalue weighted by atomic mass is 9.92. The Morgan fingerprint density at radius 1 is 1.18 bits per heavy atom. The summed E-state index contributed by atoms with van der Waals surface area (Å²) in [6, 6.07) is 1.54. The van der Waals surface area contributed by atoms with E-state index in [2.05, 4.69) is 36.5 Å². The molecule has 0 aliphatic rings. The Bertz CT molecular complexity index is 533. The minimum absolute atomic E-state index is 0.103. The molecule has 0 aliphatic carbocycles. The third-order valence-electron chi connectivity index (χ3n) is 3.20. The van der Waals surface area contributed by atoms with Crippen LogP contribution in [0.15, 0.2) is 6.07 Å². The van der Waals surface area contributed by atoms with Gasteiger partial charge >= 0.3 is 6.03 Å². The number of carbonyl (C=O) groups is 1. The van der Waals surface area contributed by atoms with Crippen molar-refractivity contribution in [3.63, 3.8) is 0 Å². The number of hydrogen-bond donors (Lipinski definition) is 3. The Hall–Kier alpha value is -1.56. The van der Waals surface area contributed by atoms with E-state index in [9.17, 15) is 9.90 Å². The smallest absolute Gasteiger partial charge is 0.320 e. The van der Waals surface area contributed by atoms with Gasteiger partial charge < -0.3 is 10.4 Å². The van der Waals surface area contributed by atoms with E-state index in [1.807, 2.05) is 31.5 Å². The topological polar surface area (TPSA) is 79.2 Å². The van der Waals surface area contributed by atoms with Crippen molar-refractivity contribution in [3.05, 3.63) is 11.8 Å². The van der Waals surface area contributed by atoms with Crippen molar-refractivity contribution in [1.29, 1.82) is 0 Å². The van der Waals surface area contributed by atoms with Crippen molar-refractivity contribution >= 4 is 11.8 Å². The third kappa shape index (κ3) is 4.73. The van der Waals surface area contributed by atoms with Crippen molar-refractivity contribution in [2.45, 2.75) is 71.9 Å². The molecule has 0 saturated carbocycles. The molecular weight excluding hydrogens is 280 g/mol. The van der Waals surface area contributed by atoms with Crippen molar-refractivity contribution in [2.24, 2.45) is 0 Å². The summed E-state index contributed by atoms with van der Waals surface area (Å²) in [6.07, 6.45) is 0. The van der Waals surface area contributed by atoms with Gasteiger partial charge in [0.1, 0.15) is 5.82 Å². The molecule has 0 fully saturated rings. The first-order valence-electron chi connectivity index (χ1n) is 7.57. The molecule has 126 valence electrons. The summed E-state index contributed by atoms with van der Waals surface area (Å²) in [5.41, 5.74) is -0.116. The predicted molar refractivity (Wildman–Crippen MR) is 89.2 cm³/mol. The van der Waals surface area contributed by atoms with Gasteiger partial charge in [0.05, 0.1) is 23.4 Å². The number of nitrogens with one attached hydrogen (secondary N) is 2. The Balaban J connectivity index is 3.08. The van der Waals surface area contributed by atoms with Crippen molar-refractivity contribution < 1.29 is 9.90 Å². The zero-order chi connectivity index (χ0) is 17.3. The van der Waals surface area contributed by atoms with E-state index in [1.165, 1.54) is 0 Å². The van der Waals surface area contributed by atoms with Gasteiger partial charge in [-0.25, -0.2) is 9.48 Å². The number of urea groups is 1. The number of rotatable bonds is 3. The zero-order valence-corrected chi connectivity index (χ0v) is 15.0. The van der Waals surface area contributed by atoms with Gasteiger partial charge in [-0.05, 0) is 34.6 Å². The van der Waals surface area contributed by atoms with Crippen LogP contribution in [0.4, 0.5) is 10.6 Å². The molecule has 1 aromatic rings. The van der Waals surface area contributed by atoms with Crippen LogP contribution in [0.1, 0.15) is 61.1 Å². The van der Waals surface area contributed by atoms with Crippen LogP contribution in [-0.2, 0) is 11.0 Å². The summed E-state index contributed by atoms with van der Waals surface area (Å²) in [7, 11) is 0. The van der Waals surface area contributed by atoms with Gasteiger partial charge in [0.15, 0.2) is 0 Å². The minimum atomic E-state index is -0.677. The molecule has 2 amide bonds. The van der Waals surface area contributed by atoms with Crippen molar-refractivity contribution in [2.75, 3.05) is 11.9 Å². The quantitative estimate of drug-likeness (QED) is 0.803. The predicted octanol–water partition coefficient (Wildman–Crippen LogP) is 2.83. The number of amides is 2. The Morgan fingerprint density at radius 3 is 2.14 bits per heavy atom. The maximum absolute atomic E-state index is 12.2. The van der Waals surface area contributed by atoms with Gasteiger partial charge in [-0.3, -0.25) is 5.32 Å². The highest BCUT2D eigenvalue weighted by atomic mass is 16.3. The molecule has 1 heterocycles. The SMILES string of the molecule is CC(C)(CO)NC(=O)Nc1cc(C(C)(C)C)nn1C(C)(C)C. The highest BCUT2D eigenvalue weighted by Crippen LogP contribution is 2.28. The number of nitrogens with zero attached hydrogens (tertiary/aromatic N) is 2. The molecule has 0 aliphatic heterocycles. The first kappa shape index (κ1) is 18.5. The lowest BCUT2D eigenvalue weighted by Gasteiger charge is -2.25. The van der Waals surface area contributed by atoms with Crippen LogP contribution in [0.2, 0.25) is 0 Å². The molecule has 1 aromatic heterocycles.